The number of halogens is 2. The molecule has 0 aliphatic carbocycles. The number of ketones is 1. The summed E-state index contributed by atoms with van der Waals surface area (Å²) in [6.07, 6.45) is 1.57. The highest BCUT2D eigenvalue weighted by Crippen LogP contribution is 2.25. The Kier molecular flexibility index (Phi) is 6.14. The molecule has 0 N–H and O–H groups in total. The van der Waals surface area contributed by atoms with E-state index in [4.69, 9.17) is 4.74 Å². The van der Waals surface area contributed by atoms with Crippen molar-refractivity contribution in [3.8, 4) is 0 Å². The van der Waals surface area contributed by atoms with Crippen molar-refractivity contribution in [1.29, 1.82) is 0 Å². The number of hydrogen-bond donors (Lipinski definition) is 0. The Balaban J connectivity index is 2.90. The normalized spacial score (nSPS) is 11.6. The molecule has 2 nitrogen and oxygen atoms in total. The van der Waals surface area contributed by atoms with Crippen LogP contribution in [0.2, 0.25) is 0 Å². The van der Waals surface area contributed by atoms with Gasteiger partial charge in [-0.15, -0.1) is 0 Å². The van der Waals surface area contributed by atoms with Crippen molar-refractivity contribution >= 4 is 21.7 Å². The van der Waals surface area contributed by atoms with Gasteiger partial charge in [-0.1, -0.05) is 19.9 Å². The Labute approximate surface area is 122 Å². The molecule has 0 amide bonds. The van der Waals surface area contributed by atoms with Gasteiger partial charge in [0.2, 0.25) is 0 Å². The van der Waals surface area contributed by atoms with E-state index in [0.717, 1.165) is 5.56 Å². The third-order valence-electron chi connectivity index (χ3n) is 3.42. The topological polar surface area (TPSA) is 26.3 Å². The van der Waals surface area contributed by atoms with Crippen molar-refractivity contribution in [2.45, 2.75) is 45.6 Å². The van der Waals surface area contributed by atoms with Crippen LogP contribution in [-0.2, 0) is 16.0 Å². The molecule has 1 aromatic rings. The number of ether oxygens (including phenoxy) is 1. The van der Waals surface area contributed by atoms with Gasteiger partial charge in [-0.2, -0.15) is 0 Å². The standard InChI is InChI=1S/C15H20BrFO2/c1-4-15(5-2,19-6-3)14(18)10-11-7-8-13(17)12(16)9-11/h7-9H,4-6,10H2,1-3H3. The molecule has 0 atom stereocenters. The summed E-state index contributed by atoms with van der Waals surface area (Å²) >= 11 is 3.13. The molecule has 0 aromatic heterocycles. The van der Waals surface area contributed by atoms with Crippen LogP contribution in [0.5, 0.6) is 0 Å². The molecular formula is C15H20BrFO2. The highest BCUT2D eigenvalue weighted by molar-refractivity contribution is 9.10. The zero-order chi connectivity index (χ0) is 14.5. The first-order valence-electron chi connectivity index (χ1n) is 6.60. The Morgan fingerprint density at radius 1 is 1.32 bits per heavy atom. The minimum absolute atomic E-state index is 0.0536. The number of carbonyl (C=O) groups excluding carboxylic acids is 1. The first-order valence-corrected chi connectivity index (χ1v) is 7.39. The Morgan fingerprint density at radius 2 is 1.95 bits per heavy atom. The summed E-state index contributed by atoms with van der Waals surface area (Å²) in [6.45, 7) is 6.32. The van der Waals surface area contributed by atoms with Crippen molar-refractivity contribution in [2.24, 2.45) is 0 Å². The van der Waals surface area contributed by atoms with Crippen LogP contribution in [0.25, 0.3) is 0 Å². The fraction of sp³-hybridized carbons (Fsp3) is 0.533. The van der Waals surface area contributed by atoms with E-state index in [1.54, 1.807) is 12.1 Å². The molecule has 1 aromatic carbocycles. The monoisotopic (exact) mass is 330 g/mol. The lowest BCUT2D eigenvalue weighted by Crippen LogP contribution is -2.41. The number of hydrogen-bond acceptors (Lipinski definition) is 2. The average molecular weight is 331 g/mol. The van der Waals surface area contributed by atoms with E-state index in [1.165, 1.54) is 6.07 Å². The molecular weight excluding hydrogens is 311 g/mol. The van der Waals surface area contributed by atoms with Crippen LogP contribution in [0.4, 0.5) is 4.39 Å². The molecule has 0 unspecified atom stereocenters. The van der Waals surface area contributed by atoms with Gasteiger partial charge < -0.3 is 4.74 Å². The van der Waals surface area contributed by atoms with E-state index in [1.807, 2.05) is 20.8 Å². The Morgan fingerprint density at radius 3 is 2.42 bits per heavy atom. The summed E-state index contributed by atoms with van der Waals surface area (Å²) in [5.41, 5.74) is 0.0829. The van der Waals surface area contributed by atoms with Gasteiger partial charge >= 0.3 is 0 Å². The van der Waals surface area contributed by atoms with Crippen LogP contribution in [0, 0.1) is 5.82 Å². The Hall–Kier alpha value is -0.740. The number of Topliss-reactive ketones (excluding diaryl/α,β-unsaturated/α-hetero) is 1. The second-order valence-electron chi connectivity index (χ2n) is 4.48. The maximum atomic E-state index is 13.2. The third-order valence-corrected chi connectivity index (χ3v) is 4.03. The SMILES string of the molecule is CCOC(CC)(CC)C(=O)Cc1ccc(F)c(Br)c1. The van der Waals surface area contributed by atoms with Crippen LogP contribution >= 0.6 is 15.9 Å². The molecule has 4 heteroatoms. The molecule has 0 saturated carbocycles. The van der Waals surface area contributed by atoms with Gasteiger partial charge in [-0.3, -0.25) is 4.79 Å². The fourth-order valence-electron chi connectivity index (χ4n) is 2.20. The lowest BCUT2D eigenvalue weighted by molar-refractivity contribution is -0.144. The van der Waals surface area contributed by atoms with E-state index in [-0.39, 0.29) is 18.0 Å². The molecule has 0 bridgehead atoms. The summed E-state index contributed by atoms with van der Waals surface area (Å²) in [5, 5.41) is 0. The molecule has 1 rings (SSSR count). The van der Waals surface area contributed by atoms with Crippen LogP contribution < -0.4 is 0 Å². The van der Waals surface area contributed by atoms with Crippen molar-refractivity contribution in [3.63, 3.8) is 0 Å². The first-order chi connectivity index (χ1) is 8.99. The molecule has 0 aliphatic heterocycles. The van der Waals surface area contributed by atoms with E-state index >= 15 is 0 Å². The molecule has 19 heavy (non-hydrogen) atoms. The largest absolute Gasteiger partial charge is 0.368 e. The second kappa shape index (κ2) is 7.15. The molecule has 0 heterocycles. The highest BCUT2D eigenvalue weighted by Gasteiger charge is 2.34. The molecule has 106 valence electrons. The lowest BCUT2D eigenvalue weighted by atomic mass is 9.88. The summed E-state index contributed by atoms with van der Waals surface area (Å²) in [4.78, 5) is 12.4. The second-order valence-corrected chi connectivity index (χ2v) is 5.34. The highest BCUT2D eigenvalue weighted by atomic mass is 79.9. The van der Waals surface area contributed by atoms with Crippen molar-refractivity contribution in [1.82, 2.24) is 0 Å². The van der Waals surface area contributed by atoms with Gasteiger partial charge in [0.1, 0.15) is 11.4 Å². The van der Waals surface area contributed by atoms with Gasteiger partial charge in [-0.05, 0) is 53.4 Å². The van der Waals surface area contributed by atoms with Gasteiger partial charge in [0, 0.05) is 13.0 Å². The zero-order valence-corrected chi connectivity index (χ0v) is 13.2. The first kappa shape index (κ1) is 16.3. The molecule has 0 spiro atoms. The predicted octanol–water partition coefficient (Wildman–Crippen LogP) is 4.30. The van der Waals surface area contributed by atoms with E-state index in [2.05, 4.69) is 15.9 Å². The van der Waals surface area contributed by atoms with Crippen molar-refractivity contribution < 1.29 is 13.9 Å². The molecule has 0 aliphatic rings. The van der Waals surface area contributed by atoms with Gasteiger partial charge in [0.15, 0.2) is 5.78 Å². The fourth-order valence-corrected chi connectivity index (χ4v) is 2.63. The average Bonchev–Trinajstić information content (AvgIpc) is 2.40. The van der Waals surface area contributed by atoms with Crippen LogP contribution in [-0.4, -0.2) is 18.0 Å². The van der Waals surface area contributed by atoms with Crippen molar-refractivity contribution in [3.05, 3.63) is 34.1 Å². The number of benzene rings is 1. The summed E-state index contributed by atoms with van der Waals surface area (Å²) in [6, 6.07) is 4.65. The van der Waals surface area contributed by atoms with Crippen LogP contribution in [0.15, 0.2) is 22.7 Å². The summed E-state index contributed by atoms with van der Waals surface area (Å²) in [7, 11) is 0. The molecule has 0 fully saturated rings. The molecule has 0 radical (unpaired) electrons. The quantitative estimate of drug-likeness (QED) is 0.745. The van der Waals surface area contributed by atoms with Gasteiger partial charge in [0.05, 0.1) is 4.47 Å². The van der Waals surface area contributed by atoms with E-state index < -0.39 is 5.60 Å². The predicted molar refractivity (Wildman–Crippen MR) is 77.8 cm³/mol. The number of rotatable bonds is 7. The van der Waals surface area contributed by atoms with E-state index in [9.17, 15) is 9.18 Å². The van der Waals surface area contributed by atoms with E-state index in [0.29, 0.717) is 23.9 Å². The summed E-state index contributed by atoms with van der Waals surface area (Å²) in [5.74, 6) is -0.267. The van der Waals surface area contributed by atoms with Crippen molar-refractivity contribution in [2.75, 3.05) is 6.61 Å². The maximum Gasteiger partial charge on any atom is 0.168 e. The minimum atomic E-state index is -0.713. The smallest absolute Gasteiger partial charge is 0.168 e. The minimum Gasteiger partial charge on any atom is -0.368 e. The zero-order valence-electron chi connectivity index (χ0n) is 11.6. The lowest BCUT2D eigenvalue weighted by Gasteiger charge is -2.30. The summed E-state index contributed by atoms with van der Waals surface area (Å²) < 4.78 is 19.2. The van der Waals surface area contributed by atoms with Gasteiger partial charge in [0.25, 0.3) is 0 Å². The maximum absolute atomic E-state index is 13.2. The number of carbonyl (C=O) groups is 1. The third kappa shape index (κ3) is 3.86. The van der Waals surface area contributed by atoms with Gasteiger partial charge in [-0.25, -0.2) is 4.39 Å². The molecule has 0 saturated heterocycles. The Bertz CT molecular complexity index is 442. The van der Waals surface area contributed by atoms with Crippen LogP contribution in [0.3, 0.4) is 0 Å². The van der Waals surface area contributed by atoms with Crippen LogP contribution in [0.1, 0.15) is 39.2 Å².